The Balaban J connectivity index is 1.04. The number of carbonyl (C=O) groups is 3. The van der Waals surface area contributed by atoms with Gasteiger partial charge in [-0.2, -0.15) is 0 Å². The minimum atomic E-state index is -0.957. The van der Waals surface area contributed by atoms with E-state index in [-0.39, 0.29) is 48.9 Å². The number of nitrogens with zero attached hydrogens (tertiary/aromatic N) is 1. The van der Waals surface area contributed by atoms with Gasteiger partial charge < -0.3 is 20.1 Å². The monoisotopic (exact) mass is 474 g/mol. The first-order valence-corrected chi connectivity index (χ1v) is 12.6. The van der Waals surface area contributed by atoms with E-state index in [1.807, 2.05) is 24.3 Å². The SMILES string of the molecule is O=C(O)CN(C(=O)C1C[C@H]2C[C@@H](NC(=O)OCC3c4ccccc4-c4ccccc43)[C@H]2C1)C1CC1. The van der Waals surface area contributed by atoms with E-state index in [1.54, 1.807) is 4.90 Å². The molecule has 2 N–H and O–H groups in total. The Bertz CT molecular complexity index is 1130. The highest BCUT2D eigenvalue weighted by atomic mass is 16.5. The van der Waals surface area contributed by atoms with Gasteiger partial charge in [-0.15, -0.1) is 0 Å². The summed E-state index contributed by atoms with van der Waals surface area (Å²) in [6, 6.07) is 16.6. The molecule has 35 heavy (non-hydrogen) atoms. The van der Waals surface area contributed by atoms with Gasteiger partial charge in [-0.1, -0.05) is 48.5 Å². The first-order chi connectivity index (χ1) is 17.0. The number of amides is 2. The summed E-state index contributed by atoms with van der Waals surface area (Å²) >= 11 is 0. The number of fused-ring (bicyclic) bond motifs is 4. The lowest BCUT2D eigenvalue weighted by atomic mass is 9.71. The molecule has 0 saturated heterocycles. The fraction of sp³-hybridized carbons (Fsp3) is 0.464. The summed E-state index contributed by atoms with van der Waals surface area (Å²) < 4.78 is 5.70. The van der Waals surface area contributed by atoms with Gasteiger partial charge in [0.1, 0.15) is 13.2 Å². The van der Waals surface area contributed by atoms with E-state index in [0.29, 0.717) is 12.3 Å². The molecule has 0 aliphatic heterocycles. The third-order valence-corrected chi connectivity index (χ3v) is 8.40. The molecule has 3 fully saturated rings. The number of nitrogens with one attached hydrogen (secondary N) is 1. The van der Waals surface area contributed by atoms with Crippen molar-refractivity contribution in [3.8, 4) is 11.1 Å². The van der Waals surface area contributed by atoms with E-state index >= 15 is 0 Å². The lowest BCUT2D eigenvalue weighted by Crippen LogP contribution is -2.50. The third kappa shape index (κ3) is 4.07. The quantitative estimate of drug-likeness (QED) is 0.632. The fourth-order valence-corrected chi connectivity index (χ4v) is 6.54. The molecule has 0 bridgehead atoms. The van der Waals surface area contributed by atoms with Crippen LogP contribution in [0.1, 0.15) is 49.1 Å². The van der Waals surface area contributed by atoms with Gasteiger partial charge >= 0.3 is 12.1 Å². The van der Waals surface area contributed by atoms with Crippen molar-refractivity contribution in [1.29, 1.82) is 0 Å². The van der Waals surface area contributed by atoms with Crippen molar-refractivity contribution in [3.05, 3.63) is 59.7 Å². The zero-order chi connectivity index (χ0) is 24.1. The highest BCUT2D eigenvalue weighted by Gasteiger charge is 2.51. The van der Waals surface area contributed by atoms with Gasteiger partial charge in [0.25, 0.3) is 0 Å². The van der Waals surface area contributed by atoms with Crippen LogP contribution in [-0.2, 0) is 14.3 Å². The molecular formula is C28H30N2O5. The van der Waals surface area contributed by atoms with Gasteiger partial charge in [0.15, 0.2) is 0 Å². The highest BCUT2D eigenvalue weighted by molar-refractivity contribution is 5.84. The smallest absolute Gasteiger partial charge is 0.407 e. The van der Waals surface area contributed by atoms with Crippen LogP contribution in [0.25, 0.3) is 11.1 Å². The average molecular weight is 475 g/mol. The molecule has 0 aromatic heterocycles. The largest absolute Gasteiger partial charge is 0.480 e. The molecule has 2 aromatic carbocycles. The molecule has 7 nitrogen and oxygen atoms in total. The van der Waals surface area contributed by atoms with Gasteiger partial charge in [-0.05, 0) is 66.2 Å². The number of rotatable bonds is 7. The summed E-state index contributed by atoms with van der Waals surface area (Å²) in [4.78, 5) is 38.5. The molecule has 3 saturated carbocycles. The molecule has 7 heteroatoms. The summed E-state index contributed by atoms with van der Waals surface area (Å²) in [5, 5.41) is 12.2. The van der Waals surface area contributed by atoms with Crippen molar-refractivity contribution in [3.63, 3.8) is 0 Å². The van der Waals surface area contributed by atoms with E-state index < -0.39 is 12.1 Å². The summed E-state index contributed by atoms with van der Waals surface area (Å²) in [6.45, 7) is 0.0735. The molecular weight excluding hydrogens is 444 g/mol. The van der Waals surface area contributed by atoms with Gasteiger partial charge in [0.05, 0.1) is 0 Å². The number of aliphatic carboxylic acids is 1. The maximum Gasteiger partial charge on any atom is 0.407 e. The Kier molecular flexibility index (Phi) is 5.50. The van der Waals surface area contributed by atoms with Crippen molar-refractivity contribution < 1.29 is 24.2 Å². The lowest BCUT2D eigenvalue weighted by Gasteiger charge is -2.40. The van der Waals surface area contributed by atoms with Crippen LogP contribution in [0.5, 0.6) is 0 Å². The molecule has 6 rings (SSSR count). The third-order valence-electron chi connectivity index (χ3n) is 8.40. The molecule has 0 radical (unpaired) electrons. The molecule has 2 amide bonds. The van der Waals surface area contributed by atoms with Crippen molar-refractivity contribution >= 4 is 18.0 Å². The second kappa shape index (κ2) is 8.70. The van der Waals surface area contributed by atoms with Crippen LogP contribution in [0.3, 0.4) is 0 Å². The fourth-order valence-electron chi connectivity index (χ4n) is 6.54. The number of benzene rings is 2. The van der Waals surface area contributed by atoms with Crippen LogP contribution >= 0.6 is 0 Å². The molecule has 0 spiro atoms. The zero-order valence-corrected chi connectivity index (χ0v) is 19.6. The van der Waals surface area contributed by atoms with Gasteiger partial charge in [0, 0.05) is 23.9 Å². The lowest BCUT2D eigenvalue weighted by molar-refractivity contribution is -0.146. The van der Waals surface area contributed by atoms with Crippen molar-refractivity contribution in [1.82, 2.24) is 10.2 Å². The highest BCUT2D eigenvalue weighted by Crippen LogP contribution is 2.51. The van der Waals surface area contributed by atoms with Crippen LogP contribution in [0.15, 0.2) is 48.5 Å². The van der Waals surface area contributed by atoms with Crippen LogP contribution in [0, 0.1) is 17.8 Å². The maximum absolute atomic E-state index is 13.0. The minimum Gasteiger partial charge on any atom is -0.480 e. The van der Waals surface area contributed by atoms with Crippen LogP contribution in [-0.4, -0.2) is 53.2 Å². The van der Waals surface area contributed by atoms with E-state index in [1.165, 1.54) is 22.3 Å². The van der Waals surface area contributed by atoms with Crippen LogP contribution < -0.4 is 5.32 Å². The Morgan fingerprint density at radius 1 is 0.943 bits per heavy atom. The standard InChI is InChI=1S/C28H30N2O5/c31-26(32)14-30(18-9-10-18)27(33)17-11-16-13-25(23(16)12-17)29-28(34)35-15-24-21-7-3-1-5-19(21)20-6-2-4-8-22(20)24/h1-8,16-18,23-25H,9-15H2,(H,29,34)(H,31,32)/t16-,17?,23-,25+/m0/s1. The summed E-state index contributed by atoms with van der Waals surface area (Å²) in [5.41, 5.74) is 4.76. The van der Waals surface area contributed by atoms with Gasteiger partial charge in [-0.25, -0.2) is 4.79 Å². The van der Waals surface area contributed by atoms with Crippen LogP contribution in [0.4, 0.5) is 4.79 Å². The number of alkyl carbamates (subject to hydrolysis) is 1. The van der Waals surface area contributed by atoms with Gasteiger partial charge in [0.2, 0.25) is 5.91 Å². The predicted octanol–water partition coefficient (Wildman–Crippen LogP) is 4.02. The van der Waals surface area contributed by atoms with E-state index in [0.717, 1.165) is 25.7 Å². The predicted molar refractivity (Wildman–Crippen MR) is 129 cm³/mol. The van der Waals surface area contributed by atoms with E-state index in [4.69, 9.17) is 4.74 Å². The Hall–Kier alpha value is -3.35. The number of carbonyl (C=O) groups excluding carboxylic acids is 2. The first-order valence-electron chi connectivity index (χ1n) is 12.6. The minimum absolute atomic E-state index is 0.0160. The van der Waals surface area contributed by atoms with E-state index in [2.05, 4.69) is 29.6 Å². The number of hydrogen-bond acceptors (Lipinski definition) is 4. The van der Waals surface area contributed by atoms with Crippen LogP contribution in [0.2, 0.25) is 0 Å². The number of carboxylic acid groups (broad SMARTS) is 1. The topological polar surface area (TPSA) is 95.9 Å². The molecule has 4 aliphatic rings. The summed E-state index contributed by atoms with van der Waals surface area (Å²) in [6.07, 6.45) is 3.72. The molecule has 4 aliphatic carbocycles. The van der Waals surface area contributed by atoms with Crippen molar-refractivity contribution in [2.45, 2.75) is 50.1 Å². The Labute approximate surface area is 204 Å². The summed E-state index contributed by atoms with van der Waals surface area (Å²) in [5.74, 6) is -0.424. The Morgan fingerprint density at radius 3 is 2.23 bits per heavy atom. The maximum atomic E-state index is 13.0. The number of carboxylic acids is 1. The second-order valence-corrected chi connectivity index (χ2v) is 10.5. The Morgan fingerprint density at radius 2 is 1.60 bits per heavy atom. The van der Waals surface area contributed by atoms with Gasteiger partial charge in [-0.3, -0.25) is 9.59 Å². The first kappa shape index (κ1) is 22.1. The number of ether oxygens (including phenoxy) is 1. The molecule has 1 unspecified atom stereocenters. The molecule has 0 heterocycles. The molecule has 4 atom stereocenters. The van der Waals surface area contributed by atoms with Crippen molar-refractivity contribution in [2.24, 2.45) is 17.8 Å². The second-order valence-electron chi connectivity index (χ2n) is 10.5. The molecule has 2 aromatic rings. The molecule has 182 valence electrons. The number of hydrogen-bond donors (Lipinski definition) is 2. The average Bonchev–Trinajstić information content (AvgIpc) is 3.56. The van der Waals surface area contributed by atoms with E-state index in [9.17, 15) is 19.5 Å². The zero-order valence-electron chi connectivity index (χ0n) is 19.6. The van der Waals surface area contributed by atoms with Crippen molar-refractivity contribution in [2.75, 3.05) is 13.2 Å². The normalized spacial score (nSPS) is 26.2. The summed E-state index contributed by atoms with van der Waals surface area (Å²) in [7, 11) is 0.